The number of ether oxygens (including phenoxy) is 1. The minimum absolute atomic E-state index is 0.274. The Bertz CT molecular complexity index is 1020. The van der Waals surface area contributed by atoms with Gasteiger partial charge in [-0.3, -0.25) is 14.8 Å². The number of halogens is 3. The summed E-state index contributed by atoms with van der Waals surface area (Å²) >= 11 is 0. The first-order valence-corrected chi connectivity index (χ1v) is 8.89. The molecule has 0 saturated heterocycles. The molecule has 0 radical (unpaired) electrons. The highest BCUT2D eigenvalue weighted by atomic mass is 19.4. The van der Waals surface area contributed by atoms with E-state index in [1.807, 2.05) is 0 Å². The maximum absolute atomic E-state index is 13.0. The highest BCUT2D eigenvalue weighted by molar-refractivity contribution is 5.95. The maximum atomic E-state index is 13.0. The number of hydrogen-bond acceptors (Lipinski definition) is 4. The van der Waals surface area contributed by atoms with Crippen LogP contribution in [0.1, 0.15) is 33.6 Å². The quantitative estimate of drug-likeness (QED) is 0.724. The van der Waals surface area contributed by atoms with E-state index in [0.717, 1.165) is 12.1 Å². The second kappa shape index (κ2) is 7.20. The fourth-order valence-corrected chi connectivity index (χ4v) is 3.45. The molecule has 1 aliphatic heterocycles. The SMILES string of the molecule is O=C(N[C@]1(c2ccc(C(F)(F)F)cc2)CCOc2cccnc21)c1ccncc1. The molecular weight excluding hydrogens is 383 g/mol. The standard InChI is InChI=1S/C21H16F3N3O2/c22-21(23,24)16-5-3-15(4-6-16)20(27-19(28)14-7-11-25-12-8-14)9-13-29-17-2-1-10-26-18(17)20/h1-8,10-12H,9,13H2,(H,27,28)/t20-/m0/s1. The first kappa shape index (κ1) is 18.9. The molecule has 1 atom stereocenters. The van der Waals surface area contributed by atoms with E-state index in [-0.39, 0.29) is 12.5 Å². The Morgan fingerprint density at radius 2 is 1.76 bits per heavy atom. The van der Waals surface area contributed by atoms with E-state index in [4.69, 9.17) is 4.74 Å². The van der Waals surface area contributed by atoms with Gasteiger partial charge in [0.05, 0.1) is 12.2 Å². The first-order chi connectivity index (χ1) is 13.9. The van der Waals surface area contributed by atoms with Crippen molar-refractivity contribution in [2.75, 3.05) is 6.61 Å². The van der Waals surface area contributed by atoms with Crippen LogP contribution in [0.4, 0.5) is 13.2 Å². The normalized spacial score (nSPS) is 18.4. The van der Waals surface area contributed by atoms with Crippen molar-refractivity contribution in [2.24, 2.45) is 0 Å². The van der Waals surface area contributed by atoms with Gasteiger partial charge >= 0.3 is 6.18 Å². The number of aromatic nitrogens is 2. The zero-order valence-corrected chi connectivity index (χ0v) is 15.1. The number of carbonyl (C=O) groups excluding carboxylic acids is 1. The van der Waals surface area contributed by atoms with Gasteiger partial charge in [0.15, 0.2) is 0 Å². The van der Waals surface area contributed by atoms with Gasteiger partial charge in [-0.05, 0) is 42.0 Å². The van der Waals surface area contributed by atoms with Gasteiger partial charge in [0.1, 0.15) is 17.0 Å². The van der Waals surface area contributed by atoms with Gasteiger partial charge in [0.2, 0.25) is 0 Å². The van der Waals surface area contributed by atoms with Crippen LogP contribution in [0.3, 0.4) is 0 Å². The van der Waals surface area contributed by atoms with Gasteiger partial charge in [0, 0.05) is 30.6 Å². The van der Waals surface area contributed by atoms with E-state index in [9.17, 15) is 18.0 Å². The summed E-state index contributed by atoms with van der Waals surface area (Å²) in [5.74, 6) is 0.0967. The lowest BCUT2D eigenvalue weighted by Crippen LogP contribution is -2.50. The monoisotopic (exact) mass is 399 g/mol. The van der Waals surface area contributed by atoms with E-state index < -0.39 is 17.3 Å². The maximum Gasteiger partial charge on any atom is 0.416 e. The highest BCUT2D eigenvalue weighted by Crippen LogP contribution is 2.41. The number of hydrogen-bond donors (Lipinski definition) is 1. The minimum atomic E-state index is -4.45. The predicted octanol–water partition coefficient (Wildman–Crippen LogP) is 3.95. The van der Waals surface area contributed by atoms with Crippen molar-refractivity contribution in [1.82, 2.24) is 15.3 Å². The summed E-state index contributed by atoms with van der Waals surface area (Å²) in [6.07, 6.45) is 0.424. The largest absolute Gasteiger partial charge is 0.491 e. The number of nitrogens with one attached hydrogen (secondary N) is 1. The summed E-state index contributed by atoms with van der Waals surface area (Å²) in [7, 11) is 0. The number of amides is 1. The lowest BCUT2D eigenvalue weighted by atomic mass is 9.81. The van der Waals surface area contributed by atoms with Crippen LogP contribution in [-0.2, 0) is 11.7 Å². The Morgan fingerprint density at radius 1 is 1.03 bits per heavy atom. The topological polar surface area (TPSA) is 64.1 Å². The molecule has 3 heterocycles. The van der Waals surface area contributed by atoms with Crippen molar-refractivity contribution in [3.63, 3.8) is 0 Å². The summed E-state index contributed by atoms with van der Waals surface area (Å²) in [5, 5.41) is 2.99. The number of fused-ring (bicyclic) bond motifs is 1. The molecule has 1 aliphatic rings. The lowest BCUT2D eigenvalue weighted by molar-refractivity contribution is -0.137. The Hall–Kier alpha value is -3.42. The summed E-state index contributed by atoms with van der Waals surface area (Å²) in [6.45, 7) is 0.274. The zero-order valence-electron chi connectivity index (χ0n) is 15.1. The molecule has 0 unspecified atom stereocenters. The van der Waals surface area contributed by atoms with Crippen molar-refractivity contribution in [3.8, 4) is 5.75 Å². The molecule has 4 rings (SSSR count). The smallest absolute Gasteiger partial charge is 0.416 e. The van der Waals surface area contributed by atoms with E-state index in [1.165, 1.54) is 24.5 Å². The third kappa shape index (κ3) is 3.53. The minimum Gasteiger partial charge on any atom is -0.491 e. The van der Waals surface area contributed by atoms with E-state index in [2.05, 4.69) is 15.3 Å². The van der Waals surface area contributed by atoms with Crippen LogP contribution >= 0.6 is 0 Å². The summed E-state index contributed by atoms with van der Waals surface area (Å²) in [5.41, 5.74) is -0.552. The van der Waals surface area contributed by atoms with Gasteiger partial charge in [-0.25, -0.2) is 0 Å². The van der Waals surface area contributed by atoms with Crippen LogP contribution in [0.15, 0.2) is 67.1 Å². The number of carbonyl (C=O) groups is 1. The van der Waals surface area contributed by atoms with Crippen molar-refractivity contribution < 1.29 is 22.7 Å². The van der Waals surface area contributed by atoms with E-state index >= 15 is 0 Å². The molecule has 29 heavy (non-hydrogen) atoms. The van der Waals surface area contributed by atoms with Crippen LogP contribution in [-0.4, -0.2) is 22.5 Å². The Balaban J connectivity index is 1.82. The molecule has 3 aromatic rings. The number of rotatable bonds is 3. The number of pyridine rings is 2. The third-order valence-electron chi connectivity index (χ3n) is 4.88. The van der Waals surface area contributed by atoms with Crippen molar-refractivity contribution in [3.05, 3.63) is 89.5 Å². The molecule has 0 bridgehead atoms. The number of alkyl halides is 3. The average molecular weight is 399 g/mol. The molecule has 0 fully saturated rings. The Morgan fingerprint density at radius 3 is 2.45 bits per heavy atom. The van der Waals surface area contributed by atoms with Gasteiger partial charge in [-0.1, -0.05) is 12.1 Å². The van der Waals surface area contributed by atoms with Gasteiger partial charge in [-0.2, -0.15) is 13.2 Å². The molecule has 2 aromatic heterocycles. The molecule has 8 heteroatoms. The first-order valence-electron chi connectivity index (χ1n) is 8.89. The van der Waals surface area contributed by atoms with Crippen molar-refractivity contribution in [2.45, 2.75) is 18.1 Å². The van der Waals surface area contributed by atoms with Crippen LogP contribution in [0.25, 0.3) is 0 Å². The Kier molecular flexibility index (Phi) is 4.70. The van der Waals surface area contributed by atoms with E-state index in [1.54, 1.807) is 30.5 Å². The second-order valence-electron chi connectivity index (χ2n) is 6.62. The van der Waals surface area contributed by atoms with Crippen LogP contribution in [0, 0.1) is 0 Å². The second-order valence-corrected chi connectivity index (χ2v) is 6.62. The summed E-state index contributed by atoms with van der Waals surface area (Å²) in [4.78, 5) is 21.2. The Labute approximate surface area is 164 Å². The van der Waals surface area contributed by atoms with Crippen LogP contribution in [0.2, 0.25) is 0 Å². The van der Waals surface area contributed by atoms with Crippen molar-refractivity contribution in [1.29, 1.82) is 0 Å². The molecule has 0 saturated carbocycles. The molecular formula is C21H16F3N3O2. The molecule has 1 amide bonds. The third-order valence-corrected chi connectivity index (χ3v) is 4.88. The number of nitrogens with zero attached hydrogens (tertiary/aromatic N) is 2. The lowest BCUT2D eigenvalue weighted by Gasteiger charge is -2.39. The van der Waals surface area contributed by atoms with Crippen LogP contribution < -0.4 is 10.1 Å². The average Bonchev–Trinajstić information content (AvgIpc) is 2.74. The fraction of sp³-hybridized carbons (Fsp3) is 0.190. The fourth-order valence-electron chi connectivity index (χ4n) is 3.45. The molecule has 0 spiro atoms. The van der Waals surface area contributed by atoms with E-state index in [0.29, 0.717) is 29.0 Å². The predicted molar refractivity (Wildman–Crippen MR) is 98.3 cm³/mol. The molecule has 0 aliphatic carbocycles. The molecule has 148 valence electrons. The summed E-state index contributed by atoms with van der Waals surface area (Å²) < 4.78 is 44.7. The molecule has 1 N–H and O–H groups in total. The van der Waals surface area contributed by atoms with Gasteiger partial charge < -0.3 is 10.1 Å². The molecule has 5 nitrogen and oxygen atoms in total. The molecule has 1 aromatic carbocycles. The van der Waals surface area contributed by atoms with Crippen molar-refractivity contribution >= 4 is 5.91 Å². The highest BCUT2D eigenvalue weighted by Gasteiger charge is 2.43. The number of benzene rings is 1. The van der Waals surface area contributed by atoms with Crippen LogP contribution in [0.5, 0.6) is 5.75 Å². The van der Waals surface area contributed by atoms with Gasteiger partial charge in [-0.15, -0.1) is 0 Å². The zero-order chi connectivity index (χ0) is 20.5. The van der Waals surface area contributed by atoms with Gasteiger partial charge in [0.25, 0.3) is 5.91 Å². The summed E-state index contributed by atoms with van der Waals surface area (Å²) in [6, 6.07) is 11.3.